The molecule has 0 saturated heterocycles. The summed E-state index contributed by atoms with van der Waals surface area (Å²) in [5, 5.41) is 18.1. The van der Waals surface area contributed by atoms with Crippen LogP contribution in [0.3, 0.4) is 0 Å². The van der Waals surface area contributed by atoms with Crippen molar-refractivity contribution >= 4 is 12.6 Å². The van der Waals surface area contributed by atoms with Gasteiger partial charge in [0.05, 0.1) is 6.61 Å². The summed E-state index contributed by atoms with van der Waals surface area (Å²) in [5.74, 6) is 1.20. The molecule has 0 spiro atoms. The van der Waals surface area contributed by atoms with E-state index in [1.807, 2.05) is 0 Å². The van der Waals surface area contributed by atoms with Crippen molar-refractivity contribution < 1.29 is 19.5 Å². The van der Waals surface area contributed by atoms with Crippen molar-refractivity contribution in [2.24, 2.45) is 5.92 Å². The monoisotopic (exact) mass is 266 g/mol. The molecule has 5 heteroatoms. The van der Waals surface area contributed by atoms with Gasteiger partial charge in [0, 0.05) is 6.61 Å². The first-order chi connectivity index (χ1) is 9.13. The molecule has 0 bridgehead atoms. The first-order valence-corrected chi connectivity index (χ1v) is 6.80. The highest BCUT2D eigenvalue weighted by Gasteiger charge is 2.10. The summed E-state index contributed by atoms with van der Waals surface area (Å²) in [7, 11) is -1.46. The van der Waals surface area contributed by atoms with Gasteiger partial charge in [-0.25, -0.2) is 0 Å². The van der Waals surface area contributed by atoms with Crippen molar-refractivity contribution in [2.45, 2.75) is 26.7 Å². The zero-order chi connectivity index (χ0) is 14.1. The summed E-state index contributed by atoms with van der Waals surface area (Å²) in [4.78, 5) is 0. The van der Waals surface area contributed by atoms with Crippen LogP contribution in [-0.4, -0.2) is 37.0 Å². The van der Waals surface area contributed by atoms with E-state index in [4.69, 9.17) is 19.5 Å². The number of hydrogen-bond acceptors (Lipinski definition) is 4. The van der Waals surface area contributed by atoms with Crippen molar-refractivity contribution in [1.82, 2.24) is 0 Å². The Balaban J connectivity index is 2.20. The zero-order valence-electron chi connectivity index (χ0n) is 11.7. The average molecular weight is 266 g/mol. The Hall–Kier alpha value is -1.04. The molecule has 0 aliphatic rings. The molecule has 0 heterocycles. The number of hydrogen-bond donors (Lipinski definition) is 2. The van der Waals surface area contributed by atoms with E-state index < -0.39 is 7.12 Å². The third-order valence-electron chi connectivity index (χ3n) is 2.84. The predicted octanol–water partition coefficient (Wildman–Crippen LogP) is 1.20. The Morgan fingerprint density at radius 1 is 1.26 bits per heavy atom. The van der Waals surface area contributed by atoms with Crippen molar-refractivity contribution in [2.75, 3.05) is 19.8 Å². The number of benzene rings is 1. The minimum atomic E-state index is -1.46. The van der Waals surface area contributed by atoms with Crippen molar-refractivity contribution in [3.05, 3.63) is 24.3 Å². The molecular weight excluding hydrogens is 243 g/mol. The van der Waals surface area contributed by atoms with Crippen LogP contribution in [0.5, 0.6) is 5.75 Å². The van der Waals surface area contributed by atoms with Crippen LogP contribution in [-0.2, 0) is 4.74 Å². The van der Waals surface area contributed by atoms with Gasteiger partial charge in [0.25, 0.3) is 0 Å². The fraction of sp³-hybridized carbons (Fsp3) is 0.571. The molecule has 4 nitrogen and oxygen atoms in total. The molecule has 1 aromatic rings. The minimum Gasteiger partial charge on any atom is -0.491 e. The van der Waals surface area contributed by atoms with E-state index >= 15 is 0 Å². The summed E-state index contributed by atoms with van der Waals surface area (Å²) >= 11 is 0. The van der Waals surface area contributed by atoms with Gasteiger partial charge in [-0.15, -0.1) is 0 Å². The van der Waals surface area contributed by atoms with Gasteiger partial charge >= 0.3 is 7.12 Å². The molecule has 0 aromatic heterocycles. The van der Waals surface area contributed by atoms with E-state index in [0.29, 0.717) is 30.3 Å². The fourth-order valence-corrected chi connectivity index (χ4v) is 1.84. The highest BCUT2D eigenvalue weighted by Crippen LogP contribution is 2.08. The smallest absolute Gasteiger partial charge is 0.488 e. The Morgan fingerprint density at radius 2 is 2.05 bits per heavy atom. The van der Waals surface area contributed by atoms with E-state index in [1.165, 1.54) is 12.8 Å². The second-order valence-corrected chi connectivity index (χ2v) is 4.76. The standard InChI is InChI=1S/C14H23BO4/c1-3-5-12(2)11-18-8-9-19-14-7-4-6-13(10-14)15(16)17/h4,6-7,10,12,16-17H,3,5,8-9,11H2,1-2H3. The normalized spacial score (nSPS) is 12.2. The van der Waals surface area contributed by atoms with Crippen molar-refractivity contribution in [3.63, 3.8) is 0 Å². The highest BCUT2D eigenvalue weighted by atomic mass is 16.5. The molecule has 0 amide bonds. The lowest BCUT2D eigenvalue weighted by Gasteiger charge is -2.11. The van der Waals surface area contributed by atoms with Gasteiger partial charge in [-0.3, -0.25) is 0 Å². The van der Waals surface area contributed by atoms with Gasteiger partial charge < -0.3 is 19.5 Å². The lowest BCUT2D eigenvalue weighted by Crippen LogP contribution is -2.29. The first kappa shape index (κ1) is 16.0. The van der Waals surface area contributed by atoms with E-state index in [1.54, 1.807) is 24.3 Å². The van der Waals surface area contributed by atoms with E-state index in [9.17, 15) is 0 Å². The molecule has 19 heavy (non-hydrogen) atoms. The molecule has 0 saturated carbocycles. The van der Waals surface area contributed by atoms with E-state index in [-0.39, 0.29) is 0 Å². The molecule has 106 valence electrons. The maximum Gasteiger partial charge on any atom is 0.488 e. The van der Waals surface area contributed by atoms with Gasteiger partial charge in [-0.2, -0.15) is 0 Å². The second-order valence-electron chi connectivity index (χ2n) is 4.76. The lowest BCUT2D eigenvalue weighted by atomic mass is 9.80. The van der Waals surface area contributed by atoms with Gasteiger partial charge in [0.15, 0.2) is 0 Å². The van der Waals surface area contributed by atoms with Crippen LogP contribution in [0.4, 0.5) is 0 Å². The van der Waals surface area contributed by atoms with Gasteiger partial charge in [0.2, 0.25) is 0 Å². The van der Waals surface area contributed by atoms with Crippen LogP contribution in [0, 0.1) is 5.92 Å². The van der Waals surface area contributed by atoms with Gasteiger partial charge in [0.1, 0.15) is 12.4 Å². The van der Waals surface area contributed by atoms with E-state index in [2.05, 4.69) is 13.8 Å². The summed E-state index contributed by atoms with van der Waals surface area (Å²) in [6.45, 7) is 6.11. The summed E-state index contributed by atoms with van der Waals surface area (Å²) in [5.41, 5.74) is 0.426. The summed E-state index contributed by atoms with van der Waals surface area (Å²) in [6, 6.07) is 6.77. The van der Waals surface area contributed by atoms with Gasteiger partial charge in [-0.1, -0.05) is 32.4 Å². The average Bonchev–Trinajstić information content (AvgIpc) is 2.39. The molecule has 1 aromatic carbocycles. The Labute approximate surface area is 115 Å². The van der Waals surface area contributed by atoms with Gasteiger partial charge in [-0.05, 0) is 29.9 Å². The van der Waals surface area contributed by atoms with Crippen molar-refractivity contribution in [1.29, 1.82) is 0 Å². The zero-order valence-corrected chi connectivity index (χ0v) is 11.7. The second kappa shape index (κ2) is 8.96. The molecule has 2 N–H and O–H groups in total. The molecule has 1 rings (SSSR count). The summed E-state index contributed by atoms with van der Waals surface area (Å²) < 4.78 is 11.0. The first-order valence-electron chi connectivity index (χ1n) is 6.80. The SMILES string of the molecule is CCCC(C)COCCOc1cccc(B(O)O)c1. The van der Waals surface area contributed by atoms with Crippen LogP contribution < -0.4 is 10.2 Å². The molecule has 1 atom stereocenters. The van der Waals surface area contributed by atoms with E-state index in [0.717, 1.165) is 6.61 Å². The van der Waals surface area contributed by atoms with Crippen LogP contribution in [0.2, 0.25) is 0 Å². The molecule has 0 aliphatic carbocycles. The highest BCUT2D eigenvalue weighted by molar-refractivity contribution is 6.58. The maximum absolute atomic E-state index is 9.04. The number of rotatable bonds is 9. The fourth-order valence-electron chi connectivity index (χ4n) is 1.84. The van der Waals surface area contributed by atoms with Crippen LogP contribution >= 0.6 is 0 Å². The molecule has 1 unspecified atom stereocenters. The summed E-state index contributed by atoms with van der Waals surface area (Å²) in [6.07, 6.45) is 2.36. The number of ether oxygens (including phenoxy) is 2. The van der Waals surface area contributed by atoms with Crippen LogP contribution in [0.25, 0.3) is 0 Å². The molecular formula is C14H23BO4. The topological polar surface area (TPSA) is 58.9 Å². The molecule has 0 fully saturated rings. The predicted molar refractivity (Wildman–Crippen MR) is 76.7 cm³/mol. The maximum atomic E-state index is 9.04. The Bertz CT molecular complexity index is 357. The quantitative estimate of drug-likeness (QED) is 0.521. The third kappa shape index (κ3) is 6.62. The van der Waals surface area contributed by atoms with Crippen LogP contribution in [0.1, 0.15) is 26.7 Å². The van der Waals surface area contributed by atoms with Crippen LogP contribution in [0.15, 0.2) is 24.3 Å². The van der Waals surface area contributed by atoms with Crippen molar-refractivity contribution in [3.8, 4) is 5.75 Å². The Kier molecular flexibility index (Phi) is 7.56. The lowest BCUT2D eigenvalue weighted by molar-refractivity contribution is 0.0758. The molecule has 0 aliphatic heterocycles. The minimum absolute atomic E-state index is 0.426. The Morgan fingerprint density at radius 3 is 2.74 bits per heavy atom. The third-order valence-corrected chi connectivity index (χ3v) is 2.84. The molecule has 0 radical (unpaired) electrons. The largest absolute Gasteiger partial charge is 0.491 e.